The molecule has 7 aromatic carbocycles. The molecule has 9 aromatic rings. The minimum absolute atomic E-state index is 0.789. The zero-order valence-electron chi connectivity index (χ0n) is 23.9. The molecule has 0 unspecified atom stereocenters. The van der Waals surface area contributed by atoms with Crippen LogP contribution in [-0.2, 0) is 0 Å². The summed E-state index contributed by atoms with van der Waals surface area (Å²) in [5.74, 6) is 0. The van der Waals surface area contributed by atoms with Gasteiger partial charge in [0.15, 0.2) is 11.2 Å². The second-order valence-corrected chi connectivity index (χ2v) is 11.3. The van der Waals surface area contributed by atoms with E-state index in [0.717, 1.165) is 60.4 Å². The molecule has 0 bridgehead atoms. The molecule has 2 heterocycles. The Morgan fingerprint density at radius 1 is 0.500 bits per heavy atom. The molecule has 0 spiro atoms. The van der Waals surface area contributed by atoms with E-state index in [4.69, 9.17) is 8.83 Å². The summed E-state index contributed by atoms with van der Waals surface area (Å²) in [5.41, 5.74) is 7.85. The van der Waals surface area contributed by atoms with Gasteiger partial charge in [0.05, 0.1) is 0 Å². The number of fused-ring (bicyclic) bond motifs is 12. The Labute approximate surface area is 253 Å². The minimum Gasteiger partial charge on any atom is -0.452 e. The van der Waals surface area contributed by atoms with Crippen LogP contribution in [0.1, 0.15) is 5.56 Å². The highest BCUT2D eigenvalue weighted by atomic mass is 16.4. The van der Waals surface area contributed by atoms with E-state index in [1.807, 2.05) is 30.4 Å². The van der Waals surface area contributed by atoms with Crippen LogP contribution in [-0.4, -0.2) is 0 Å². The number of hydrogen-bond donors (Lipinski definition) is 0. The van der Waals surface area contributed by atoms with Gasteiger partial charge in [-0.3, -0.25) is 0 Å². The van der Waals surface area contributed by atoms with Gasteiger partial charge in [-0.15, -0.1) is 0 Å². The summed E-state index contributed by atoms with van der Waals surface area (Å²) in [6.07, 6.45) is 5.79. The standard InChI is InChI=1S/C42H26O2/c1-3-13-25(4-2)37-27-14-5-7-16-29(27)38(30-17-8-6-15-28(30)37)26-22-23-36-34(24-26)40-32-19-10-9-18-31(32)39-33-20-11-12-21-35(33)43-41(39)42(40)44-36/h3-24H,1-2H2/b25-13+. The molecule has 0 atom stereocenters. The smallest absolute Gasteiger partial charge is 0.179 e. The Morgan fingerprint density at radius 3 is 1.59 bits per heavy atom. The topological polar surface area (TPSA) is 26.3 Å². The van der Waals surface area contributed by atoms with Crippen molar-refractivity contribution in [3.05, 3.63) is 152 Å². The lowest BCUT2D eigenvalue weighted by molar-refractivity contribution is 0.633. The average molecular weight is 563 g/mol. The molecule has 2 nitrogen and oxygen atoms in total. The van der Waals surface area contributed by atoms with Crippen LogP contribution in [0.5, 0.6) is 0 Å². The monoisotopic (exact) mass is 562 g/mol. The third-order valence-electron chi connectivity index (χ3n) is 8.98. The molecular formula is C42H26O2. The zero-order valence-corrected chi connectivity index (χ0v) is 23.9. The van der Waals surface area contributed by atoms with Crippen LogP contribution >= 0.6 is 0 Å². The molecule has 0 fully saturated rings. The Bertz CT molecular complexity index is 2640. The fourth-order valence-electron chi connectivity index (χ4n) is 7.20. The van der Waals surface area contributed by atoms with Gasteiger partial charge in [-0.2, -0.15) is 0 Å². The van der Waals surface area contributed by atoms with Gasteiger partial charge in [0, 0.05) is 21.5 Å². The fourth-order valence-corrected chi connectivity index (χ4v) is 7.20. The molecule has 0 saturated carbocycles. The maximum absolute atomic E-state index is 6.64. The summed E-state index contributed by atoms with van der Waals surface area (Å²) in [5, 5.41) is 11.4. The van der Waals surface area contributed by atoms with E-state index in [1.54, 1.807) is 0 Å². The van der Waals surface area contributed by atoms with Gasteiger partial charge < -0.3 is 8.83 Å². The highest BCUT2D eigenvalue weighted by molar-refractivity contribution is 6.34. The van der Waals surface area contributed by atoms with Crippen molar-refractivity contribution in [1.82, 2.24) is 0 Å². The Balaban J connectivity index is 1.43. The fraction of sp³-hybridized carbons (Fsp3) is 0. The number of furan rings is 2. The van der Waals surface area contributed by atoms with Crippen LogP contribution in [0.4, 0.5) is 0 Å². The first-order chi connectivity index (χ1) is 21.8. The molecule has 0 amide bonds. The van der Waals surface area contributed by atoms with Crippen LogP contribution in [0.2, 0.25) is 0 Å². The molecule has 2 aromatic heterocycles. The third kappa shape index (κ3) is 3.31. The summed E-state index contributed by atoms with van der Waals surface area (Å²) >= 11 is 0. The van der Waals surface area contributed by atoms with Crippen molar-refractivity contribution in [3.8, 4) is 11.1 Å². The summed E-state index contributed by atoms with van der Waals surface area (Å²) in [6, 6.07) is 40.7. The van der Waals surface area contributed by atoms with E-state index in [-0.39, 0.29) is 0 Å². The first kappa shape index (κ1) is 24.7. The Morgan fingerprint density at radius 2 is 1.00 bits per heavy atom. The minimum atomic E-state index is 0.789. The van der Waals surface area contributed by atoms with Gasteiger partial charge in [0.1, 0.15) is 11.2 Å². The van der Waals surface area contributed by atoms with Crippen molar-refractivity contribution in [1.29, 1.82) is 0 Å². The molecule has 206 valence electrons. The molecular weight excluding hydrogens is 536 g/mol. The predicted octanol–water partition coefficient (Wildman–Crippen LogP) is 12.4. The first-order valence-electron chi connectivity index (χ1n) is 14.8. The van der Waals surface area contributed by atoms with E-state index in [0.29, 0.717) is 0 Å². The van der Waals surface area contributed by atoms with Crippen molar-refractivity contribution >= 4 is 81.8 Å². The Hall–Kier alpha value is -5.86. The Kier molecular flexibility index (Phi) is 5.24. The zero-order chi connectivity index (χ0) is 29.4. The molecule has 0 saturated heterocycles. The summed E-state index contributed by atoms with van der Waals surface area (Å²) < 4.78 is 13.1. The van der Waals surface area contributed by atoms with Crippen LogP contribution in [0.3, 0.4) is 0 Å². The van der Waals surface area contributed by atoms with Crippen LogP contribution in [0, 0.1) is 0 Å². The molecule has 2 heteroatoms. The van der Waals surface area contributed by atoms with Crippen LogP contribution in [0.25, 0.3) is 92.9 Å². The van der Waals surface area contributed by atoms with Gasteiger partial charge in [-0.25, -0.2) is 0 Å². The predicted molar refractivity (Wildman–Crippen MR) is 187 cm³/mol. The molecule has 0 aliphatic heterocycles. The van der Waals surface area contributed by atoms with Gasteiger partial charge in [-0.05, 0) is 72.8 Å². The van der Waals surface area contributed by atoms with E-state index < -0.39 is 0 Å². The molecule has 0 aliphatic rings. The lowest BCUT2D eigenvalue weighted by atomic mass is 9.85. The highest BCUT2D eigenvalue weighted by Crippen LogP contribution is 2.47. The van der Waals surface area contributed by atoms with Crippen molar-refractivity contribution < 1.29 is 8.83 Å². The van der Waals surface area contributed by atoms with Crippen LogP contribution in [0.15, 0.2) is 155 Å². The average Bonchev–Trinajstić information content (AvgIpc) is 3.65. The van der Waals surface area contributed by atoms with Crippen LogP contribution < -0.4 is 0 Å². The largest absolute Gasteiger partial charge is 0.452 e. The van der Waals surface area contributed by atoms with Gasteiger partial charge in [0.25, 0.3) is 0 Å². The van der Waals surface area contributed by atoms with Crippen molar-refractivity contribution in [2.24, 2.45) is 0 Å². The molecule has 0 radical (unpaired) electrons. The molecule has 9 rings (SSSR count). The summed E-state index contributed by atoms with van der Waals surface area (Å²) in [6.45, 7) is 8.09. The number of hydrogen-bond acceptors (Lipinski definition) is 2. The SMILES string of the molecule is C=C/C=C(\C=C)c1c2ccccc2c(-c2ccc3oc4c5oc6ccccc6c5c5ccccc5c4c3c2)c2ccccc12. The van der Waals surface area contributed by atoms with E-state index in [9.17, 15) is 0 Å². The number of para-hydroxylation sites is 1. The number of rotatable bonds is 4. The third-order valence-corrected chi connectivity index (χ3v) is 8.98. The maximum Gasteiger partial charge on any atom is 0.179 e. The number of benzene rings is 7. The maximum atomic E-state index is 6.64. The normalized spacial score (nSPS) is 12.4. The van der Waals surface area contributed by atoms with E-state index in [1.165, 1.54) is 38.1 Å². The van der Waals surface area contributed by atoms with Gasteiger partial charge >= 0.3 is 0 Å². The molecule has 44 heavy (non-hydrogen) atoms. The van der Waals surface area contributed by atoms with E-state index in [2.05, 4.69) is 116 Å². The lowest BCUT2D eigenvalue weighted by Crippen LogP contribution is -1.92. The number of allylic oxidation sites excluding steroid dienone is 4. The first-order valence-corrected chi connectivity index (χ1v) is 14.8. The van der Waals surface area contributed by atoms with Crippen molar-refractivity contribution in [3.63, 3.8) is 0 Å². The molecule has 0 N–H and O–H groups in total. The quantitative estimate of drug-likeness (QED) is 0.157. The second kappa shape index (κ2) is 9.32. The van der Waals surface area contributed by atoms with Crippen molar-refractivity contribution in [2.75, 3.05) is 0 Å². The summed E-state index contributed by atoms with van der Waals surface area (Å²) in [4.78, 5) is 0. The summed E-state index contributed by atoms with van der Waals surface area (Å²) in [7, 11) is 0. The second-order valence-electron chi connectivity index (χ2n) is 11.3. The van der Waals surface area contributed by atoms with E-state index >= 15 is 0 Å². The highest BCUT2D eigenvalue weighted by Gasteiger charge is 2.22. The molecule has 0 aliphatic carbocycles. The lowest BCUT2D eigenvalue weighted by Gasteiger charge is -2.18. The van der Waals surface area contributed by atoms with Gasteiger partial charge in [-0.1, -0.05) is 128 Å². The van der Waals surface area contributed by atoms with Gasteiger partial charge in [0.2, 0.25) is 0 Å². The van der Waals surface area contributed by atoms with Crippen molar-refractivity contribution in [2.45, 2.75) is 0 Å².